The number of hydrogen-bond donors (Lipinski definition) is 1. The maximum Gasteiger partial charge on any atom is 0.194 e. The third kappa shape index (κ3) is 6.51. The predicted octanol–water partition coefficient (Wildman–Crippen LogP) is 2.43. The molecule has 31 heavy (non-hydrogen) atoms. The number of piperidine rings is 1. The van der Waals surface area contributed by atoms with Crippen molar-refractivity contribution in [3.63, 3.8) is 0 Å². The van der Waals surface area contributed by atoms with Gasteiger partial charge in [-0.1, -0.05) is 5.16 Å². The van der Waals surface area contributed by atoms with Gasteiger partial charge >= 0.3 is 0 Å². The molecule has 9 heteroatoms. The van der Waals surface area contributed by atoms with Gasteiger partial charge < -0.3 is 14.7 Å². The maximum atomic E-state index is 5.03. The van der Waals surface area contributed by atoms with Crippen LogP contribution in [0.5, 0.6) is 0 Å². The summed E-state index contributed by atoms with van der Waals surface area (Å²) in [6.45, 7) is 14.2. The fourth-order valence-electron chi connectivity index (χ4n) is 4.34. The molecular weight excluding hydrogens is 410 g/mol. The summed E-state index contributed by atoms with van der Waals surface area (Å²) in [4.78, 5) is 17.0. The summed E-state index contributed by atoms with van der Waals surface area (Å²) in [7, 11) is 0. The first-order valence-corrected chi connectivity index (χ1v) is 12.4. The average Bonchev–Trinajstić information content (AvgIpc) is 3.44. The van der Waals surface area contributed by atoms with Crippen LogP contribution in [0.4, 0.5) is 0 Å². The van der Waals surface area contributed by atoms with Gasteiger partial charge in [-0.2, -0.15) is 0 Å². The topological polar surface area (TPSA) is 73.0 Å². The number of guanidine groups is 1. The minimum absolute atomic E-state index is 0.676. The number of nitrogens with one attached hydrogen (secondary N) is 1. The standard InChI is InChI=1S/C22H35N7OS/c1-3-23-22(29-11-9-28(10-12-29)15-20-6-13-30-26-20)24-14-19-4-7-27(8-5-19)16-21-17-31-18(2)25-21/h6,13,17,19H,3-5,7-12,14-16H2,1-2H3,(H,23,24). The Balaban J connectivity index is 1.22. The minimum Gasteiger partial charge on any atom is -0.364 e. The Morgan fingerprint density at radius 3 is 2.52 bits per heavy atom. The number of thiazole rings is 1. The summed E-state index contributed by atoms with van der Waals surface area (Å²) in [5, 5.41) is 10.9. The number of hydrogen-bond acceptors (Lipinski definition) is 7. The smallest absolute Gasteiger partial charge is 0.194 e. The number of piperazine rings is 1. The largest absolute Gasteiger partial charge is 0.364 e. The van der Waals surface area contributed by atoms with E-state index in [2.05, 4.69) is 49.4 Å². The van der Waals surface area contributed by atoms with Gasteiger partial charge in [-0.05, 0) is 45.7 Å². The third-order valence-electron chi connectivity index (χ3n) is 6.14. The van der Waals surface area contributed by atoms with E-state index in [1.54, 1.807) is 17.6 Å². The molecule has 0 atom stereocenters. The Bertz CT molecular complexity index is 806. The van der Waals surface area contributed by atoms with Crippen LogP contribution >= 0.6 is 11.3 Å². The van der Waals surface area contributed by atoms with Gasteiger partial charge in [0, 0.05) is 63.8 Å². The Morgan fingerprint density at radius 1 is 1.13 bits per heavy atom. The van der Waals surface area contributed by atoms with Gasteiger partial charge in [0.1, 0.15) is 6.26 Å². The van der Waals surface area contributed by atoms with Gasteiger partial charge in [-0.15, -0.1) is 11.3 Å². The molecule has 2 aromatic heterocycles. The van der Waals surface area contributed by atoms with Crippen LogP contribution in [0.25, 0.3) is 0 Å². The fourth-order valence-corrected chi connectivity index (χ4v) is 4.95. The van der Waals surface area contributed by atoms with Gasteiger partial charge in [0.2, 0.25) is 0 Å². The molecule has 2 aromatic rings. The second-order valence-corrected chi connectivity index (χ2v) is 9.59. The molecule has 0 bridgehead atoms. The molecule has 0 spiro atoms. The SMILES string of the molecule is CCNC(=NCC1CCN(Cc2csc(C)n2)CC1)N1CCN(Cc2ccon2)CC1. The number of aromatic nitrogens is 2. The van der Waals surface area contributed by atoms with Crippen molar-refractivity contribution in [2.75, 3.05) is 52.4 Å². The molecule has 0 radical (unpaired) electrons. The Labute approximate surface area is 189 Å². The van der Waals surface area contributed by atoms with Gasteiger partial charge in [0.15, 0.2) is 5.96 Å². The lowest BCUT2D eigenvalue weighted by Crippen LogP contribution is -2.52. The second-order valence-electron chi connectivity index (χ2n) is 8.53. The molecule has 0 aromatic carbocycles. The molecule has 170 valence electrons. The van der Waals surface area contributed by atoms with Gasteiger partial charge in [0.25, 0.3) is 0 Å². The molecule has 1 N–H and O–H groups in total. The van der Waals surface area contributed by atoms with Gasteiger partial charge in [-0.25, -0.2) is 4.98 Å². The zero-order valence-electron chi connectivity index (χ0n) is 18.8. The van der Waals surface area contributed by atoms with Crippen molar-refractivity contribution in [3.8, 4) is 0 Å². The molecule has 2 fully saturated rings. The molecule has 2 aliphatic rings. The number of aliphatic imine (C=N–C) groups is 1. The molecule has 0 saturated carbocycles. The van der Waals surface area contributed by atoms with Crippen molar-refractivity contribution in [1.29, 1.82) is 0 Å². The first-order chi connectivity index (χ1) is 15.2. The first-order valence-electron chi connectivity index (χ1n) is 11.5. The quantitative estimate of drug-likeness (QED) is 0.518. The first kappa shape index (κ1) is 22.2. The monoisotopic (exact) mass is 445 g/mol. The Kier molecular flexibility index (Phi) is 7.93. The molecule has 0 aliphatic carbocycles. The molecule has 0 unspecified atom stereocenters. The second kappa shape index (κ2) is 11.1. The molecule has 2 saturated heterocycles. The van der Waals surface area contributed by atoms with Crippen molar-refractivity contribution >= 4 is 17.3 Å². The Morgan fingerprint density at radius 2 is 1.87 bits per heavy atom. The molecular formula is C22H35N7OS. The lowest BCUT2D eigenvalue weighted by atomic mass is 9.97. The molecule has 4 rings (SSSR count). The molecule has 4 heterocycles. The predicted molar refractivity (Wildman–Crippen MR) is 124 cm³/mol. The van der Waals surface area contributed by atoms with Crippen LogP contribution in [0.1, 0.15) is 36.2 Å². The van der Waals surface area contributed by atoms with Gasteiger partial charge in [0.05, 0.1) is 16.4 Å². The van der Waals surface area contributed by atoms with Crippen LogP contribution in [0, 0.1) is 12.8 Å². The fraction of sp³-hybridized carbons (Fsp3) is 0.682. The van der Waals surface area contributed by atoms with E-state index < -0.39 is 0 Å². The third-order valence-corrected chi connectivity index (χ3v) is 6.96. The van der Waals surface area contributed by atoms with E-state index in [9.17, 15) is 0 Å². The van der Waals surface area contributed by atoms with E-state index in [1.807, 2.05) is 6.07 Å². The maximum absolute atomic E-state index is 5.03. The minimum atomic E-state index is 0.676. The highest BCUT2D eigenvalue weighted by atomic mass is 32.1. The van der Waals surface area contributed by atoms with Crippen LogP contribution in [-0.4, -0.2) is 83.2 Å². The van der Waals surface area contributed by atoms with Crippen LogP contribution < -0.4 is 5.32 Å². The molecule has 0 amide bonds. The van der Waals surface area contributed by atoms with Crippen molar-refractivity contribution in [2.45, 2.75) is 39.8 Å². The van der Waals surface area contributed by atoms with Crippen LogP contribution in [-0.2, 0) is 13.1 Å². The van der Waals surface area contributed by atoms with E-state index in [0.29, 0.717) is 5.92 Å². The van der Waals surface area contributed by atoms with Crippen molar-refractivity contribution in [1.82, 2.24) is 30.2 Å². The summed E-state index contributed by atoms with van der Waals surface area (Å²) in [5.41, 5.74) is 2.22. The van der Waals surface area contributed by atoms with Crippen molar-refractivity contribution < 1.29 is 4.52 Å². The van der Waals surface area contributed by atoms with E-state index in [1.165, 1.54) is 18.5 Å². The summed E-state index contributed by atoms with van der Waals surface area (Å²) in [5.74, 6) is 1.75. The van der Waals surface area contributed by atoms with Crippen molar-refractivity contribution in [2.24, 2.45) is 10.9 Å². The normalized spacial score (nSPS) is 19.8. The molecule has 8 nitrogen and oxygen atoms in total. The molecule has 2 aliphatic heterocycles. The Hall–Kier alpha value is -1.97. The number of likely N-dealkylation sites (tertiary alicyclic amines) is 1. The zero-order chi connectivity index (χ0) is 21.5. The van der Waals surface area contributed by atoms with E-state index in [4.69, 9.17) is 9.52 Å². The zero-order valence-corrected chi connectivity index (χ0v) is 19.6. The average molecular weight is 446 g/mol. The number of rotatable bonds is 7. The van der Waals surface area contributed by atoms with E-state index >= 15 is 0 Å². The lowest BCUT2D eigenvalue weighted by molar-refractivity contribution is 0.167. The van der Waals surface area contributed by atoms with Crippen molar-refractivity contribution in [3.05, 3.63) is 34.1 Å². The number of nitrogens with zero attached hydrogens (tertiary/aromatic N) is 6. The summed E-state index contributed by atoms with van der Waals surface area (Å²) < 4.78 is 4.95. The highest BCUT2D eigenvalue weighted by Crippen LogP contribution is 2.20. The lowest BCUT2D eigenvalue weighted by Gasteiger charge is -2.36. The summed E-state index contributed by atoms with van der Waals surface area (Å²) in [6, 6.07) is 1.95. The summed E-state index contributed by atoms with van der Waals surface area (Å²) >= 11 is 1.75. The highest BCUT2D eigenvalue weighted by Gasteiger charge is 2.22. The van der Waals surface area contributed by atoms with E-state index in [0.717, 1.165) is 82.1 Å². The highest BCUT2D eigenvalue weighted by molar-refractivity contribution is 7.09. The van der Waals surface area contributed by atoms with Gasteiger partial charge in [-0.3, -0.25) is 14.8 Å². The van der Waals surface area contributed by atoms with Crippen LogP contribution in [0.15, 0.2) is 27.2 Å². The van der Waals surface area contributed by atoms with E-state index in [-0.39, 0.29) is 0 Å². The number of aryl methyl sites for hydroxylation is 1. The van der Waals surface area contributed by atoms with Crippen LogP contribution in [0.3, 0.4) is 0 Å². The summed E-state index contributed by atoms with van der Waals surface area (Å²) in [6.07, 6.45) is 4.08. The van der Waals surface area contributed by atoms with Crippen LogP contribution in [0.2, 0.25) is 0 Å².